The van der Waals surface area contributed by atoms with E-state index >= 15 is 0 Å². The molecule has 10 heteroatoms. The topological polar surface area (TPSA) is 60.2 Å². The van der Waals surface area contributed by atoms with E-state index < -0.39 is 26.4 Å². The van der Waals surface area contributed by atoms with Crippen molar-refractivity contribution in [3.63, 3.8) is 0 Å². The Labute approximate surface area is 128 Å². The highest BCUT2D eigenvalue weighted by Crippen LogP contribution is 2.46. The number of halogens is 3. The van der Waals surface area contributed by atoms with Gasteiger partial charge in [0.05, 0.1) is 19.9 Å². The van der Waals surface area contributed by atoms with Gasteiger partial charge in [-0.05, 0) is 12.2 Å². The van der Waals surface area contributed by atoms with Crippen molar-refractivity contribution in [2.75, 3.05) is 5.75 Å². The molecule has 0 aliphatic heterocycles. The van der Waals surface area contributed by atoms with E-state index in [1.807, 2.05) is 6.92 Å². The molecule has 0 atom stereocenters. The summed E-state index contributed by atoms with van der Waals surface area (Å²) in [5.74, 6) is 0.526. The van der Waals surface area contributed by atoms with Gasteiger partial charge in [-0.25, -0.2) is 0 Å². The lowest BCUT2D eigenvalue weighted by Crippen LogP contribution is -2.06. The number of alkyl halides is 3. The highest BCUT2D eigenvalue weighted by Gasteiger charge is 2.37. The Morgan fingerprint density at radius 1 is 1.33 bits per heavy atom. The first-order valence-electron chi connectivity index (χ1n) is 5.70. The zero-order valence-electron chi connectivity index (χ0n) is 10.5. The van der Waals surface area contributed by atoms with Crippen molar-refractivity contribution in [2.24, 2.45) is 0 Å². The maximum Gasteiger partial charge on any atom is 0.418 e. The minimum atomic E-state index is -4.74. The zero-order chi connectivity index (χ0) is 15.8. The molecule has 4 nitrogen and oxygen atoms in total. The first-order valence-corrected chi connectivity index (χ1v) is 8.32. The molecule has 2 aromatic rings. The molecule has 0 amide bonds. The smallest absolute Gasteiger partial charge is 0.265 e. The van der Waals surface area contributed by atoms with Crippen molar-refractivity contribution in [3.05, 3.63) is 30.6 Å². The second-order valence-electron chi connectivity index (χ2n) is 3.99. The summed E-state index contributed by atoms with van der Waals surface area (Å²) < 4.78 is 38.4. The van der Waals surface area contributed by atoms with Crippen LogP contribution >= 0.6 is 34.4 Å². The summed E-state index contributed by atoms with van der Waals surface area (Å²) in [4.78, 5) is 21.8. The molecule has 0 N–H and O–H groups in total. The summed E-state index contributed by atoms with van der Waals surface area (Å²) in [6.07, 6.45) is -4.02. The number of fused-ring (bicyclic) bond motifs is 1. The fourth-order valence-corrected chi connectivity index (χ4v) is 5.10. The van der Waals surface area contributed by atoms with Gasteiger partial charge in [0.25, 0.3) is 9.74 Å². The number of benzene rings is 1. The minimum Gasteiger partial charge on any atom is -0.265 e. The summed E-state index contributed by atoms with van der Waals surface area (Å²) in [5.41, 5.74) is -1.71. The molecule has 0 radical (unpaired) electrons. The van der Waals surface area contributed by atoms with Gasteiger partial charge in [0.15, 0.2) is 0 Å². The largest absolute Gasteiger partial charge is 0.418 e. The van der Waals surface area contributed by atoms with Crippen molar-refractivity contribution >= 4 is 49.5 Å². The highest BCUT2D eigenvalue weighted by atomic mass is 32.2. The van der Waals surface area contributed by atoms with Crippen molar-refractivity contribution < 1.29 is 18.1 Å². The van der Waals surface area contributed by atoms with E-state index in [1.165, 1.54) is 0 Å². The van der Waals surface area contributed by atoms with Crippen LogP contribution in [0.4, 0.5) is 18.9 Å². The molecule has 0 saturated heterocycles. The first-order chi connectivity index (χ1) is 9.75. The average molecular weight is 355 g/mol. The molecule has 0 unspecified atom stereocenters. The number of nitrogens with zero attached hydrogens (tertiary/aromatic N) is 1. The van der Waals surface area contributed by atoms with E-state index in [0.717, 1.165) is 11.8 Å². The summed E-state index contributed by atoms with van der Waals surface area (Å²) >= 11 is 2.22. The van der Waals surface area contributed by atoms with E-state index in [2.05, 4.69) is 0 Å². The SMILES string of the molecule is CCCSc1c([N+](=O)[O-])cc(C(F)(F)F)c2sc(=O)sc12. The molecular weight excluding hydrogens is 347 g/mol. The lowest BCUT2D eigenvalue weighted by atomic mass is 10.2. The van der Waals surface area contributed by atoms with Crippen LogP contribution in [-0.2, 0) is 6.18 Å². The first kappa shape index (κ1) is 16.2. The Morgan fingerprint density at radius 2 is 1.95 bits per heavy atom. The minimum absolute atomic E-state index is 0.0602. The summed E-state index contributed by atoms with van der Waals surface area (Å²) in [7, 11) is 0. The predicted molar refractivity (Wildman–Crippen MR) is 78.6 cm³/mol. The van der Waals surface area contributed by atoms with Crippen LogP contribution in [0, 0.1) is 10.1 Å². The number of nitro groups is 1. The summed E-state index contributed by atoms with van der Waals surface area (Å²) in [6.45, 7) is 1.86. The van der Waals surface area contributed by atoms with Gasteiger partial charge in [0.2, 0.25) is 0 Å². The average Bonchev–Trinajstić information content (AvgIpc) is 2.74. The van der Waals surface area contributed by atoms with Gasteiger partial charge in [0, 0.05) is 6.07 Å². The predicted octanol–water partition coefficient (Wildman–Crippen LogP) is 4.75. The van der Waals surface area contributed by atoms with Crippen LogP contribution in [0.25, 0.3) is 9.40 Å². The van der Waals surface area contributed by atoms with Gasteiger partial charge in [-0.15, -0.1) is 11.8 Å². The van der Waals surface area contributed by atoms with Gasteiger partial charge in [-0.1, -0.05) is 29.6 Å². The van der Waals surface area contributed by atoms with Gasteiger partial charge >= 0.3 is 6.18 Å². The van der Waals surface area contributed by atoms with Crippen LogP contribution < -0.4 is 4.06 Å². The lowest BCUT2D eigenvalue weighted by Gasteiger charge is -2.10. The molecule has 0 aliphatic carbocycles. The zero-order valence-corrected chi connectivity index (χ0v) is 13.0. The Bertz CT molecular complexity index is 751. The standard InChI is InChI=1S/C11H8F3NO3S3/c1-2-3-19-8-6(15(17)18)4-5(11(12,13)14)7-9(8)21-10(16)20-7/h4H,2-3H2,1H3. The quantitative estimate of drug-likeness (QED) is 0.451. The number of nitro benzene ring substituents is 1. The molecule has 2 rings (SSSR count). The van der Waals surface area contributed by atoms with Crippen molar-refractivity contribution in [2.45, 2.75) is 24.4 Å². The molecule has 1 aromatic heterocycles. The molecule has 0 saturated carbocycles. The second kappa shape index (κ2) is 5.93. The van der Waals surface area contributed by atoms with E-state index in [1.54, 1.807) is 0 Å². The molecule has 1 heterocycles. The second-order valence-corrected chi connectivity index (χ2v) is 7.32. The Balaban J connectivity index is 2.84. The van der Waals surface area contributed by atoms with Gasteiger partial charge in [-0.2, -0.15) is 13.2 Å². The van der Waals surface area contributed by atoms with E-state index in [9.17, 15) is 28.1 Å². The third-order valence-electron chi connectivity index (χ3n) is 2.49. The fourth-order valence-electron chi connectivity index (χ4n) is 1.68. The van der Waals surface area contributed by atoms with Crippen LogP contribution in [0.2, 0.25) is 0 Å². The van der Waals surface area contributed by atoms with Crippen molar-refractivity contribution in [1.29, 1.82) is 0 Å². The van der Waals surface area contributed by atoms with E-state index in [-0.39, 0.29) is 14.3 Å². The maximum absolute atomic E-state index is 13.0. The van der Waals surface area contributed by atoms with Crippen LogP contribution in [0.15, 0.2) is 15.8 Å². The molecule has 0 fully saturated rings. The fraction of sp³-hybridized carbons (Fsp3) is 0.364. The normalized spacial score (nSPS) is 12.0. The highest BCUT2D eigenvalue weighted by molar-refractivity contribution is 7.99. The summed E-state index contributed by atoms with van der Waals surface area (Å²) in [5, 5.41) is 11.1. The molecule has 0 bridgehead atoms. The van der Waals surface area contributed by atoms with Crippen LogP contribution in [0.5, 0.6) is 0 Å². The molecule has 0 aliphatic rings. The Kier molecular flexibility index (Phi) is 4.59. The monoisotopic (exact) mass is 355 g/mol. The Hall–Kier alpha value is -1.13. The Morgan fingerprint density at radius 3 is 2.48 bits per heavy atom. The maximum atomic E-state index is 13.0. The third-order valence-corrected chi connectivity index (χ3v) is 6.14. The molecule has 21 heavy (non-hydrogen) atoms. The number of rotatable bonds is 4. The van der Waals surface area contributed by atoms with E-state index in [4.69, 9.17) is 0 Å². The molecule has 0 spiro atoms. The number of thioether (sulfide) groups is 1. The number of hydrogen-bond donors (Lipinski definition) is 0. The van der Waals surface area contributed by atoms with Gasteiger partial charge in [0.1, 0.15) is 4.90 Å². The number of hydrogen-bond acceptors (Lipinski definition) is 6. The third kappa shape index (κ3) is 3.22. The molecular formula is C11H8F3NO3S3. The molecule has 1 aromatic carbocycles. The van der Waals surface area contributed by atoms with Gasteiger partial charge < -0.3 is 0 Å². The van der Waals surface area contributed by atoms with Gasteiger partial charge in [-0.3, -0.25) is 14.9 Å². The van der Waals surface area contributed by atoms with Crippen LogP contribution in [0.3, 0.4) is 0 Å². The van der Waals surface area contributed by atoms with Crippen molar-refractivity contribution in [3.8, 4) is 0 Å². The van der Waals surface area contributed by atoms with E-state index in [0.29, 0.717) is 40.9 Å². The lowest BCUT2D eigenvalue weighted by molar-refractivity contribution is -0.387. The van der Waals surface area contributed by atoms with Crippen LogP contribution in [0.1, 0.15) is 18.9 Å². The van der Waals surface area contributed by atoms with Crippen molar-refractivity contribution in [1.82, 2.24) is 0 Å². The summed E-state index contributed by atoms with van der Waals surface area (Å²) in [6, 6.07) is 0.531. The molecule has 114 valence electrons. The van der Waals surface area contributed by atoms with Crippen LogP contribution in [-0.4, -0.2) is 10.7 Å².